The van der Waals surface area contributed by atoms with Gasteiger partial charge in [0.05, 0.1) is 5.69 Å². The van der Waals surface area contributed by atoms with Crippen LogP contribution in [-0.2, 0) is 20.4 Å². The van der Waals surface area contributed by atoms with Crippen molar-refractivity contribution in [2.24, 2.45) is 4.99 Å². The van der Waals surface area contributed by atoms with Crippen LogP contribution in [0, 0.1) is 26.9 Å². The van der Waals surface area contributed by atoms with E-state index >= 15 is 0 Å². The van der Waals surface area contributed by atoms with Crippen molar-refractivity contribution in [1.29, 1.82) is 0 Å². The van der Waals surface area contributed by atoms with E-state index in [-0.39, 0.29) is 26.0 Å². The Hall–Kier alpha value is -1.88. The molecular formula is C23H26F6N3PPd+. The molecule has 0 saturated heterocycles. The molecule has 189 valence electrons. The van der Waals surface area contributed by atoms with Crippen molar-refractivity contribution in [3.63, 3.8) is 0 Å². The quantitative estimate of drug-likeness (QED) is 0.114. The molecular weight excluding hydrogens is 570 g/mol. The monoisotopic (exact) mass is 595 g/mol. The first kappa shape index (κ1) is 32.1. The molecule has 0 aliphatic carbocycles. The Bertz CT molecular complexity index is 917. The standard InChI is InChI=1S/C20H21N3.C3H5.F6P.Pd/c1-20(2,3)23-15-14-22(16-23)19(17-10-6-4-7-11-17)21-18-12-8-5-9-13-18;1-3-2;1-7(2,3,4,5)6;/h4-15H,1-3H3;3H,1-2H2;;/q;;-1;+2. The zero-order chi connectivity index (χ0) is 25.4. The third-order valence-corrected chi connectivity index (χ3v) is 3.55. The van der Waals surface area contributed by atoms with Crippen molar-refractivity contribution >= 4 is 19.3 Å². The van der Waals surface area contributed by atoms with Crippen molar-refractivity contribution in [2.75, 3.05) is 0 Å². The van der Waals surface area contributed by atoms with E-state index in [9.17, 15) is 25.2 Å². The first-order valence-corrected chi connectivity index (χ1v) is 11.6. The van der Waals surface area contributed by atoms with Gasteiger partial charge in [-0.1, -0.05) is 48.5 Å². The molecule has 0 N–H and O–H groups in total. The minimum atomic E-state index is -10.7. The molecule has 3 nitrogen and oxygen atoms in total. The molecule has 0 atom stereocenters. The van der Waals surface area contributed by atoms with Gasteiger partial charge in [0.15, 0.2) is 0 Å². The summed E-state index contributed by atoms with van der Waals surface area (Å²) in [5, 5.41) is 0. The van der Waals surface area contributed by atoms with Crippen LogP contribution in [0.3, 0.4) is 0 Å². The number of aliphatic imine (C=N–C) groups is 1. The molecule has 1 heterocycles. The average Bonchev–Trinajstić information content (AvgIpc) is 3.16. The van der Waals surface area contributed by atoms with Crippen LogP contribution in [0.4, 0.5) is 30.9 Å². The second kappa shape index (κ2) is 11.7. The summed E-state index contributed by atoms with van der Waals surface area (Å²) in [5.74, 6) is 0.861. The van der Waals surface area contributed by atoms with Gasteiger partial charge in [0, 0.05) is 23.5 Å². The normalized spacial score (nSPS) is 15.7. The SMILES string of the molecule is CC(C)(C)N1[C]N(C(=Nc2ccccc2)c2ccccc2)C=C1.F[P-](F)(F)(F)(F)F.[CH2][CH][CH2].[Pd+2]. The van der Waals surface area contributed by atoms with Gasteiger partial charge in [-0.05, 0) is 53.2 Å². The van der Waals surface area contributed by atoms with E-state index in [2.05, 4.69) is 58.3 Å². The molecule has 0 saturated carbocycles. The smallest absolute Gasteiger partial charge is 0.0499 e. The molecule has 0 spiro atoms. The Balaban J connectivity index is 0.000000845. The fraction of sp³-hybridized carbons (Fsp3) is 0.174. The van der Waals surface area contributed by atoms with Crippen LogP contribution in [0.25, 0.3) is 0 Å². The van der Waals surface area contributed by atoms with Gasteiger partial charge in [0.1, 0.15) is 5.84 Å². The van der Waals surface area contributed by atoms with Gasteiger partial charge in [-0.2, -0.15) is 0 Å². The van der Waals surface area contributed by atoms with E-state index in [0.29, 0.717) is 0 Å². The topological polar surface area (TPSA) is 18.8 Å². The summed E-state index contributed by atoms with van der Waals surface area (Å²) in [5.41, 5.74) is 1.97. The largest absolute Gasteiger partial charge is 2.00 e. The van der Waals surface area contributed by atoms with Crippen molar-refractivity contribution in [3.8, 4) is 0 Å². The van der Waals surface area contributed by atoms with Gasteiger partial charge < -0.3 is 4.90 Å². The zero-order valence-electron chi connectivity index (χ0n) is 18.8. The van der Waals surface area contributed by atoms with Crippen molar-refractivity contribution in [3.05, 3.63) is 106 Å². The van der Waals surface area contributed by atoms with Crippen LogP contribution < -0.4 is 0 Å². The summed E-state index contributed by atoms with van der Waals surface area (Å²) in [7, 11) is -10.7. The first-order chi connectivity index (χ1) is 14.9. The summed E-state index contributed by atoms with van der Waals surface area (Å²) in [4.78, 5) is 8.85. The van der Waals surface area contributed by atoms with Gasteiger partial charge in [-0.15, -0.1) is 0 Å². The molecule has 0 aromatic heterocycles. The predicted octanol–water partition coefficient (Wildman–Crippen LogP) is 8.89. The molecule has 11 heteroatoms. The zero-order valence-corrected chi connectivity index (χ0v) is 21.2. The maximum absolute atomic E-state index is 10.7. The molecule has 0 bridgehead atoms. The third kappa shape index (κ3) is 15.1. The van der Waals surface area contributed by atoms with Crippen LogP contribution in [0.5, 0.6) is 0 Å². The molecule has 3 rings (SSSR count). The molecule has 2 aromatic carbocycles. The maximum Gasteiger partial charge on any atom is 2.00 e. The second-order valence-electron chi connectivity index (χ2n) is 7.69. The van der Waals surface area contributed by atoms with Gasteiger partial charge in [-0.3, -0.25) is 4.90 Å². The Kier molecular flexibility index (Phi) is 11.1. The van der Waals surface area contributed by atoms with E-state index < -0.39 is 7.81 Å². The number of hydrogen-bond acceptors (Lipinski definition) is 2. The number of hydrogen-bond donors (Lipinski definition) is 0. The maximum atomic E-state index is 9.87. The van der Waals surface area contributed by atoms with Crippen LogP contribution >= 0.6 is 7.81 Å². The van der Waals surface area contributed by atoms with Gasteiger partial charge in [-0.25, -0.2) is 4.99 Å². The molecule has 5 radical (unpaired) electrons. The fourth-order valence-corrected chi connectivity index (χ4v) is 2.28. The number of rotatable bonds is 2. The van der Waals surface area contributed by atoms with Crippen molar-refractivity contribution < 1.29 is 45.6 Å². The van der Waals surface area contributed by atoms with E-state index in [1.54, 1.807) is 0 Å². The number of nitrogens with zero attached hydrogens (tertiary/aromatic N) is 3. The molecule has 34 heavy (non-hydrogen) atoms. The van der Waals surface area contributed by atoms with Crippen LogP contribution in [-0.4, -0.2) is 21.2 Å². The summed E-state index contributed by atoms with van der Waals surface area (Å²) in [6.07, 6.45) is 5.53. The van der Waals surface area contributed by atoms with Crippen LogP contribution in [0.15, 0.2) is 78.1 Å². The van der Waals surface area contributed by atoms with Crippen molar-refractivity contribution in [2.45, 2.75) is 26.3 Å². The Morgan fingerprint density at radius 3 is 1.65 bits per heavy atom. The van der Waals surface area contributed by atoms with Gasteiger partial charge >= 0.3 is 53.4 Å². The molecule has 0 unspecified atom stereocenters. The van der Waals surface area contributed by atoms with Gasteiger partial charge in [0.25, 0.3) is 0 Å². The van der Waals surface area contributed by atoms with Crippen LogP contribution in [0.1, 0.15) is 26.3 Å². The predicted molar refractivity (Wildman–Crippen MR) is 123 cm³/mol. The molecule has 0 fully saturated rings. The summed E-state index contributed by atoms with van der Waals surface area (Å²) in [6, 6.07) is 20.2. The van der Waals surface area contributed by atoms with Crippen molar-refractivity contribution in [1.82, 2.24) is 9.80 Å². The Morgan fingerprint density at radius 1 is 0.853 bits per heavy atom. The fourth-order valence-electron chi connectivity index (χ4n) is 2.28. The van der Waals surface area contributed by atoms with E-state index in [4.69, 9.17) is 4.99 Å². The van der Waals surface area contributed by atoms with Gasteiger partial charge in [0.2, 0.25) is 6.67 Å². The number of halogens is 6. The third-order valence-electron chi connectivity index (χ3n) is 3.55. The van der Waals surface area contributed by atoms with E-state index in [1.807, 2.05) is 65.8 Å². The minimum Gasteiger partial charge on any atom is -0.0499 e. The van der Waals surface area contributed by atoms with E-state index in [1.165, 1.54) is 6.42 Å². The molecule has 0 amide bonds. The molecule has 2 aromatic rings. The second-order valence-corrected chi connectivity index (χ2v) is 9.61. The number of para-hydroxylation sites is 1. The Labute approximate surface area is 211 Å². The number of benzene rings is 2. The molecule has 1 aliphatic heterocycles. The van der Waals surface area contributed by atoms with E-state index in [0.717, 1.165) is 17.1 Å². The average molecular weight is 596 g/mol. The number of amidine groups is 1. The Morgan fingerprint density at radius 2 is 1.26 bits per heavy atom. The minimum absolute atomic E-state index is 0. The summed E-state index contributed by atoms with van der Waals surface area (Å²) >= 11 is 0. The summed E-state index contributed by atoms with van der Waals surface area (Å²) in [6.45, 7) is 16.3. The first-order valence-electron chi connectivity index (χ1n) is 9.59. The van der Waals surface area contributed by atoms with Crippen LogP contribution in [0.2, 0.25) is 0 Å². The summed E-state index contributed by atoms with van der Waals surface area (Å²) < 4.78 is 59.2. The molecule has 1 aliphatic rings.